The minimum absolute atomic E-state index is 0.101. The predicted octanol–water partition coefficient (Wildman–Crippen LogP) is 2.53. The molecule has 2 amide bonds. The molecule has 2 aromatic carbocycles. The van der Waals surface area contributed by atoms with Crippen LogP contribution in [0.3, 0.4) is 0 Å². The summed E-state index contributed by atoms with van der Waals surface area (Å²) in [5, 5.41) is 5.79. The topological polar surface area (TPSA) is 76.7 Å². The molecule has 1 fully saturated rings. The minimum Gasteiger partial charge on any atom is -0.486 e. The Hall–Kier alpha value is -3.02. The van der Waals surface area contributed by atoms with Crippen molar-refractivity contribution in [1.82, 2.24) is 5.32 Å². The van der Waals surface area contributed by atoms with Gasteiger partial charge >= 0.3 is 0 Å². The number of nitrogens with one attached hydrogen (secondary N) is 2. The molecule has 0 saturated heterocycles. The highest BCUT2D eigenvalue weighted by atomic mass is 16.6. The molecule has 134 valence electrons. The number of fused-ring (bicyclic) bond motifs is 1. The molecule has 0 unspecified atom stereocenters. The second-order valence-electron chi connectivity index (χ2n) is 6.53. The highest BCUT2D eigenvalue weighted by Crippen LogP contribution is 2.31. The van der Waals surface area contributed by atoms with Crippen molar-refractivity contribution in [3.63, 3.8) is 0 Å². The summed E-state index contributed by atoms with van der Waals surface area (Å²) >= 11 is 0. The highest BCUT2D eigenvalue weighted by molar-refractivity contribution is 5.97. The molecule has 2 aliphatic rings. The molecule has 1 aliphatic heterocycles. The van der Waals surface area contributed by atoms with E-state index in [0.29, 0.717) is 42.0 Å². The van der Waals surface area contributed by atoms with E-state index < -0.39 is 0 Å². The van der Waals surface area contributed by atoms with Crippen LogP contribution in [0.15, 0.2) is 42.5 Å². The Morgan fingerprint density at radius 2 is 1.81 bits per heavy atom. The third kappa shape index (κ3) is 3.96. The second kappa shape index (κ2) is 7.07. The first-order valence-electron chi connectivity index (χ1n) is 8.77. The molecule has 6 heteroatoms. The Kier molecular flexibility index (Phi) is 4.48. The van der Waals surface area contributed by atoms with Gasteiger partial charge in [0.25, 0.3) is 5.91 Å². The molecule has 0 bridgehead atoms. The highest BCUT2D eigenvalue weighted by Gasteiger charge is 2.23. The fourth-order valence-corrected chi connectivity index (χ4v) is 2.82. The van der Waals surface area contributed by atoms with Gasteiger partial charge in [-0.3, -0.25) is 9.59 Å². The van der Waals surface area contributed by atoms with Crippen LogP contribution in [0.25, 0.3) is 0 Å². The lowest BCUT2D eigenvalue weighted by molar-refractivity contribution is -0.115. The number of hydrogen-bond donors (Lipinski definition) is 2. The van der Waals surface area contributed by atoms with Gasteiger partial charge in [0, 0.05) is 17.3 Å². The molecule has 4 rings (SSSR count). The normalized spacial score (nSPS) is 15.2. The molecule has 2 N–H and O–H groups in total. The van der Waals surface area contributed by atoms with E-state index in [2.05, 4.69) is 10.6 Å². The number of carbonyl (C=O) groups excluding carboxylic acids is 2. The van der Waals surface area contributed by atoms with Gasteiger partial charge in [-0.15, -0.1) is 0 Å². The van der Waals surface area contributed by atoms with E-state index in [-0.39, 0.29) is 18.2 Å². The van der Waals surface area contributed by atoms with Gasteiger partial charge < -0.3 is 20.1 Å². The molecule has 0 atom stereocenters. The van der Waals surface area contributed by atoms with Gasteiger partial charge in [-0.2, -0.15) is 0 Å². The van der Waals surface area contributed by atoms with Crippen molar-refractivity contribution in [2.45, 2.75) is 25.3 Å². The summed E-state index contributed by atoms with van der Waals surface area (Å²) < 4.78 is 11.0. The molecule has 0 radical (unpaired) electrons. The van der Waals surface area contributed by atoms with Gasteiger partial charge in [0.05, 0.1) is 6.42 Å². The first-order valence-corrected chi connectivity index (χ1v) is 8.77. The molecule has 0 spiro atoms. The minimum atomic E-state index is -0.151. The molecule has 2 aromatic rings. The number of hydrogen-bond acceptors (Lipinski definition) is 4. The third-order valence-electron chi connectivity index (χ3n) is 4.29. The zero-order valence-electron chi connectivity index (χ0n) is 14.3. The number of rotatable bonds is 5. The van der Waals surface area contributed by atoms with Crippen LogP contribution >= 0.6 is 0 Å². The van der Waals surface area contributed by atoms with Crippen LogP contribution in [0.1, 0.15) is 28.8 Å². The van der Waals surface area contributed by atoms with Gasteiger partial charge in [0.2, 0.25) is 5.91 Å². The molecule has 0 aromatic heterocycles. The Morgan fingerprint density at radius 1 is 1.00 bits per heavy atom. The predicted molar refractivity (Wildman–Crippen MR) is 96.7 cm³/mol. The molecule has 1 aliphatic carbocycles. The molecule has 6 nitrogen and oxygen atoms in total. The summed E-state index contributed by atoms with van der Waals surface area (Å²) in [5.74, 6) is 1.12. The van der Waals surface area contributed by atoms with Crippen molar-refractivity contribution in [2.75, 3.05) is 18.5 Å². The molecular weight excluding hydrogens is 332 g/mol. The largest absolute Gasteiger partial charge is 0.486 e. The standard InChI is InChI=1S/C20H20N2O4/c23-19(11-13-4-7-17-18(10-13)26-9-8-25-17)21-16-3-1-2-14(12-16)20(24)22-15-5-6-15/h1-4,7,10,12,15H,5-6,8-9,11H2,(H,21,23)(H,22,24). The SMILES string of the molecule is O=C(Cc1ccc2c(c1)OCCO2)Nc1cccc(C(=O)NC2CC2)c1. The van der Waals surface area contributed by atoms with Crippen LogP contribution in [0.5, 0.6) is 11.5 Å². The number of benzene rings is 2. The number of ether oxygens (including phenoxy) is 2. The average Bonchev–Trinajstić information content (AvgIpc) is 3.45. The maximum atomic E-state index is 12.3. The first-order chi connectivity index (χ1) is 12.7. The molecule has 1 heterocycles. The lowest BCUT2D eigenvalue weighted by Gasteiger charge is -2.18. The van der Waals surface area contributed by atoms with Crippen LogP contribution in [-0.2, 0) is 11.2 Å². The lowest BCUT2D eigenvalue weighted by Crippen LogP contribution is -2.25. The quantitative estimate of drug-likeness (QED) is 0.867. The molecule has 26 heavy (non-hydrogen) atoms. The summed E-state index contributed by atoms with van der Waals surface area (Å²) in [5.41, 5.74) is 2.00. The van der Waals surface area contributed by atoms with Crippen LogP contribution < -0.4 is 20.1 Å². The molecular formula is C20H20N2O4. The Labute approximate surface area is 151 Å². The van der Waals surface area contributed by atoms with Crippen molar-refractivity contribution in [1.29, 1.82) is 0 Å². The van der Waals surface area contributed by atoms with Crippen LogP contribution in [-0.4, -0.2) is 31.1 Å². The van der Waals surface area contributed by atoms with Crippen LogP contribution in [0, 0.1) is 0 Å². The monoisotopic (exact) mass is 352 g/mol. The summed E-state index contributed by atoms with van der Waals surface area (Å²) in [4.78, 5) is 24.4. The van der Waals surface area contributed by atoms with Gasteiger partial charge in [-0.1, -0.05) is 12.1 Å². The zero-order chi connectivity index (χ0) is 17.9. The van der Waals surface area contributed by atoms with E-state index >= 15 is 0 Å². The van der Waals surface area contributed by atoms with Gasteiger partial charge in [-0.25, -0.2) is 0 Å². The van der Waals surface area contributed by atoms with E-state index in [0.717, 1.165) is 18.4 Å². The van der Waals surface area contributed by atoms with Crippen LogP contribution in [0.4, 0.5) is 5.69 Å². The number of amides is 2. The van der Waals surface area contributed by atoms with Gasteiger partial charge in [0.1, 0.15) is 13.2 Å². The van der Waals surface area contributed by atoms with Gasteiger partial charge in [-0.05, 0) is 48.7 Å². The Balaban J connectivity index is 1.39. The van der Waals surface area contributed by atoms with Gasteiger partial charge in [0.15, 0.2) is 11.5 Å². The van der Waals surface area contributed by atoms with Crippen molar-refractivity contribution < 1.29 is 19.1 Å². The van der Waals surface area contributed by atoms with Crippen LogP contribution in [0.2, 0.25) is 0 Å². The summed E-state index contributed by atoms with van der Waals surface area (Å²) in [6.07, 6.45) is 2.30. The van der Waals surface area contributed by atoms with E-state index in [9.17, 15) is 9.59 Å². The van der Waals surface area contributed by atoms with E-state index in [4.69, 9.17) is 9.47 Å². The number of carbonyl (C=O) groups is 2. The molecule has 1 saturated carbocycles. The van der Waals surface area contributed by atoms with E-state index in [1.54, 1.807) is 24.3 Å². The number of anilines is 1. The van der Waals surface area contributed by atoms with Crippen molar-refractivity contribution >= 4 is 17.5 Å². The summed E-state index contributed by atoms with van der Waals surface area (Å²) in [6, 6.07) is 12.8. The van der Waals surface area contributed by atoms with E-state index in [1.807, 2.05) is 18.2 Å². The summed E-state index contributed by atoms with van der Waals surface area (Å²) in [7, 11) is 0. The Morgan fingerprint density at radius 3 is 2.62 bits per heavy atom. The fourth-order valence-electron chi connectivity index (χ4n) is 2.82. The van der Waals surface area contributed by atoms with Crippen molar-refractivity contribution in [3.05, 3.63) is 53.6 Å². The van der Waals surface area contributed by atoms with Crippen molar-refractivity contribution in [3.8, 4) is 11.5 Å². The third-order valence-corrected chi connectivity index (χ3v) is 4.29. The fraction of sp³-hybridized carbons (Fsp3) is 0.300. The first kappa shape index (κ1) is 16.4. The maximum absolute atomic E-state index is 12.3. The lowest BCUT2D eigenvalue weighted by atomic mass is 10.1. The second-order valence-corrected chi connectivity index (χ2v) is 6.53. The average molecular weight is 352 g/mol. The Bertz CT molecular complexity index is 845. The smallest absolute Gasteiger partial charge is 0.251 e. The van der Waals surface area contributed by atoms with E-state index in [1.165, 1.54) is 0 Å². The summed E-state index contributed by atoms with van der Waals surface area (Å²) in [6.45, 7) is 1.05. The maximum Gasteiger partial charge on any atom is 0.251 e. The van der Waals surface area contributed by atoms with Crippen molar-refractivity contribution in [2.24, 2.45) is 0 Å². The zero-order valence-corrected chi connectivity index (χ0v) is 14.3.